The zero-order valence-corrected chi connectivity index (χ0v) is 14.7. The van der Waals surface area contributed by atoms with Crippen molar-refractivity contribution in [1.82, 2.24) is 0 Å². The van der Waals surface area contributed by atoms with Gasteiger partial charge in [0.05, 0.1) is 0 Å². The molecule has 0 heterocycles. The minimum absolute atomic E-state index is 0.219. The van der Waals surface area contributed by atoms with Crippen LogP contribution >= 0.6 is 0 Å². The monoisotopic (exact) mass is 348 g/mol. The van der Waals surface area contributed by atoms with E-state index in [0.717, 1.165) is 33.0 Å². The van der Waals surface area contributed by atoms with Gasteiger partial charge in [-0.1, -0.05) is 72.8 Å². The smallest absolute Gasteiger partial charge is 0.124 e. The normalized spacial score (nSPS) is 11.1. The topological polar surface area (TPSA) is 0 Å². The van der Waals surface area contributed by atoms with Crippen molar-refractivity contribution in [3.05, 3.63) is 109 Å². The van der Waals surface area contributed by atoms with Crippen molar-refractivity contribution >= 4 is 21.5 Å². The van der Waals surface area contributed by atoms with Crippen molar-refractivity contribution in [3.63, 3.8) is 0 Å². The molecule has 0 aromatic heterocycles. The average molecular weight is 348 g/mol. The van der Waals surface area contributed by atoms with Crippen LogP contribution in [0.4, 0.5) is 4.39 Å². The van der Waals surface area contributed by atoms with E-state index in [2.05, 4.69) is 66.7 Å². The second-order valence-corrected chi connectivity index (χ2v) is 6.85. The second kappa shape index (κ2) is 6.37. The number of hydrogen-bond acceptors (Lipinski definition) is 0. The van der Waals surface area contributed by atoms with Crippen LogP contribution in [-0.4, -0.2) is 0 Å². The van der Waals surface area contributed by atoms with Crippen LogP contribution in [0.25, 0.3) is 43.8 Å². The van der Waals surface area contributed by atoms with Crippen LogP contribution in [0.5, 0.6) is 0 Å². The summed E-state index contributed by atoms with van der Waals surface area (Å²) in [5.41, 5.74) is 3.83. The van der Waals surface area contributed by atoms with E-state index in [4.69, 9.17) is 0 Å². The van der Waals surface area contributed by atoms with E-state index in [1.807, 2.05) is 24.3 Å². The van der Waals surface area contributed by atoms with Gasteiger partial charge in [0.15, 0.2) is 0 Å². The molecule has 5 aromatic carbocycles. The molecule has 0 radical (unpaired) electrons. The molecule has 1 heteroatoms. The van der Waals surface area contributed by atoms with Crippen LogP contribution in [0, 0.1) is 5.82 Å². The highest BCUT2D eigenvalue weighted by Crippen LogP contribution is 2.31. The zero-order chi connectivity index (χ0) is 18.2. The van der Waals surface area contributed by atoms with E-state index >= 15 is 0 Å². The van der Waals surface area contributed by atoms with Crippen LogP contribution in [0.15, 0.2) is 103 Å². The van der Waals surface area contributed by atoms with Crippen molar-refractivity contribution in [2.45, 2.75) is 0 Å². The molecule has 0 N–H and O–H groups in total. The minimum Gasteiger partial charge on any atom is -0.207 e. The lowest BCUT2D eigenvalue weighted by atomic mass is 9.96. The fraction of sp³-hybridized carbons (Fsp3) is 0. The summed E-state index contributed by atoms with van der Waals surface area (Å²) >= 11 is 0. The van der Waals surface area contributed by atoms with Crippen molar-refractivity contribution in [2.24, 2.45) is 0 Å². The van der Waals surface area contributed by atoms with Gasteiger partial charge in [0.25, 0.3) is 0 Å². The Morgan fingerprint density at radius 2 is 0.815 bits per heavy atom. The highest BCUT2D eigenvalue weighted by molar-refractivity contribution is 5.90. The quantitative estimate of drug-likeness (QED) is 0.310. The summed E-state index contributed by atoms with van der Waals surface area (Å²) in [5.74, 6) is -0.219. The standard InChI is InChI=1S/C26H17F/c27-26-16-24(22-11-9-18-5-1-3-7-20(18)13-22)15-25(17-26)23-12-10-19-6-2-4-8-21(19)14-23/h1-17H. The second-order valence-electron chi connectivity index (χ2n) is 6.85. The number of halogens is 1. The van der Waals surface area contributed by atoms with Gasteiger partial charge >= 0.3 is 0 Å². The Hall–Kier alpha value is -3.45. The predicted molar refractivity (Wildman–Crippen MR) is 112 cm³/mol. The fourth-order valence-electron chi connectivity index (χ4n) is 3.66. The molecule has 0 saturated heterocycles. The van der Waals surface area contributed by atoms with Crippen LogP contribution < -0.4 is 0 Å². The molecule has 0 aliphatic heterocycles. The lowest BCUT2D eigenvalue weighted by Gasteiger charge is -2.09. The minimum atomic E-state index is -0.219. The molecule has 0 fully saturated rings. The Morgan fingerprint density at radius 3 is 1.30 bits per heavy atom. The van der Waals surface area contributed by atoms with Gasteiger partial charge in [-0.15, -0.1) is 0 Å². The lowest BCUT2D eigenvalue weighted by molar-refractivity contribution is 0.629. The van der Waals surface area contributed by atoms with Crippen molar-refractivity contribution < 1.29 is 4.39 Å². The number of fused-ring (bicyclic) bond motifs is 2. The lowest BCUT2D eigenvalue weighted by Crippen LogP contribution is -1.86. The highest BCUT2D eigenvalue weighted by atomic mass is 19.1. The molecule has 0 nitrogen and oxygen atoms in total. The van der Waals surface area contributed by atoms with Gasteiger partial charge in [0.1, 0.15) is 5.82 Å². The molecule has 0 aliphatic rings. The van der Waals surface area contributed by atoms with Crippen LogP contribution in [-0.2, 0) is 0 Å². The Bertz CT molecular complexity index is 1190. The van der Waals surface area contributed by atoms with E-state index in [9.17, 15) is 4.39 Å². The first-order valence-corrected chi connectivity index (χ1v) is 9.05. The Balaban J connectivity index is 1.64. The Kier molecular flexibility index (Phi) is 3.72. The molecule has 0 bridgehead atoms. The Morgan fingerprint density at radius 1 is 0.370 bits per heavy atom. The summed E-state index contributed by atoms with van der Waals surface area (Å²) in [6.07, 6.45) is 0. The summed E-state index contributed by atoms with van der Waals surface area (Å²) in [5, 5.41) is 4.69. The maximum Gasteiger partial charge on any atom is 0.124 e. The van der Waals surface area contributed by atoms with Gasteiger partial charge in [-0.25, -0.2) is 4.39 Å². The summed E-state index contributed by atoms with van der Waals surface area (Å²) in [6, 6.07) is 34.3. The molecule has 0 saturated carbocycles. The van der Waals surface area contributed by atoms with Crippen LogP contribution in [0.3, 0.4) is 0 Å². The molecule has 0 aliphatic carbocycles. The van der Waals surface area contributed by atoms with Gasteiger partial charge in [0.2, 0.25) is 0 Å². The summed E-state index contributed by atoms with van der Waals surface area (Å²) in [7, 11) is 0. The summed E-state index contributed by atoms with van der Waals surface area (Å²) in [6.45, 7) is 0. The molecule has 128 valence electrons. The van der Waals surface area contributed by atoms with E-state index in [1.54, 1.807) is 12.1 Å². The third-order valence-electron chi connectivity index (χ3n) is 5.06. The van der Waals surface area contributed by atoms with Crippen molar-refractivity contribution in [3.8, 4) is 22.3 Å². The maximum atomic E-state index is 14.4. The van der Waals surface area contributed by atoms with Gasteiger partial charge in [-0.3, -0.25) is 0 Å². The van der Waals surface area contributed by atoms with E-state index < -0.39 is 0 Å². The van der Waals surface area contributed by atoms with E-state index in [1.165, 1.54) is 10.8 Å². The Labute approximate surface area is 157 Å². The molecule has 5 aromatic rings. The fourth-order valence-corrected chi connectivity index (χ4v) is 3.66. The summed E-state index contributed by atoms with van der Waals surface area (Å²) in [4.78, 5) is 0. The molecule has 0 atom stereocenters. The first kappa shape index (κ1) is 15.8. The summed E-state index contributed by atoms with van der Waals surface area (Å²) < 4.78 is 14.4. The number of hydrogen-bond donors (Lipinski definition) is 0. The first-order valence-electron chi connectivity index (χ1n) is 9.05. The largest absolute Gasteiger partial charge is 0.207 e. The van der Waals surface area contributed by atoms with Gasteiger partial charge in [-0.05, 0) is 74.1 Å². The molecule has 5 rings (SSSR count). The van der Waals surface area contributed by atoms with E-state index in [0.29, 0.717) is 0 Å². The zero-order valence-electron chi connectivity index (χ0n) is 14.7. The molecular weight excluding hydrogens is 331 g/mol. The van der Waals surface area contributed by atoms with Crippen LogP contribution in [0.1, 0.15) is 0 Å². The predicted octanol–water partition coefficient (Wildman–Crippen LogP) is 7.47. The van der Waals surface area contributed by atoms with Crippen molar-refractivity contribution in [1.29, 1.82) is 0 Å². The average Bonchev–Trinajstić information content (AvgIpc) is 2.72. The molecule has 0 unspecified atom stereocenters. The molecule has 0 amide bonds. The van der Waals surface area contributed by atoms with Gasteiger partial charge in [0, 0.05) is 0 Å². The highest BCUT2D eigenvalue weighted by Gasteiger charge is 2.07. The maximum absolute atomic E-state index is 14.4. The van der Waals surface area contributed by atoms with Crippen molar-refractivity contribution in [2.75, 3.05) is 0 Å². The van der Waals surface area contributed by atoms with Crippen LogP contribution in [0.2, 0.25) is 0 Å². The van der Waals surface area contributed by atoms with E-state index in [-0.39, 0.29) is 5.82 Å². The number of rotatable bonds is 2. The molecule has 0 spiro atoms. The molecular formula is C26H17F. The SMILES string of the molecule is Fc1cc(-c2ccc3ccccc3c2)cc(-c2ccc3ccccc3c2)c1. The third-order valence-corrected chi connectivity index (χ3v) is 5.06. The van der Waals surface area contributed by atoms with Gasteiger partial charge in [-0.2, -0.15) is 0 Å². The first-order chi connectivity index (χ1) is 13.3. The number of benzene rings is 5. The van der Waals surface area contributed by atoms with Gasteiger partial charge < -0.3 is 0 Å². The third kappa shape index (κ3) is 2.98. The molecule has 27 heavy (non-hydrogen) atoms.